The van der Waals surface area contributed by atoms with Gasteiger partial charge in [-0.25, -0.2) is 8.78 Å². The van der Waals surface area contributed by atoms with Gasteiger partial charge in [0.1, 0.15) is 0 Å². The maximum Gasteiger partial charge on any atom is 0.248 e. The normalized spacial score (nSPS) is 31.4. The zero-order chi connectivity index (χ0) is 10.9. The zero-order valence-corrected chi connectivity index (χ0v) is 9.27. The van der Waals surface area contributed by atoms with Crippen LogP contribution in [-0.4, -0.2) is 11.5 Å². The third kappa shape index (κ3) is 2.49. The Morgan fingerprint density at radius 2 is 1.40 bits per heavy atom. The first kappa shape index (κ1) is 11.3. The molecule has 0 aromatic heterocycles. The van der Waals surface area contributed by atoms with Crippen LogP contribution in [0.4, 0.5) is 8.78 Å². The van der Waals surface area contributed by atoms with Crippen molar-refractivity contribution < 1.29 is 8.78 Å². The highest BCUT2D eigenvalue weighted by Crippen LogP contribution is 2.44. The molecule has 2 saturated carbocycles. The Morgan fingerprint density at radius 1 is 0.867 bits per heavy atom. The summed E-state index contributed by atoms with van der Waals surface area (Å²) in [6.07, 6.45) is 7.11. The summed E-state index contributed by atoms with van der Waals surface area (Å²) in [4.78, 5) is 0. The minimum absolute atomic E-state index is 0. The summed E-state index contributed by atoms with van der Waals surface area (Å²) in [6, 6.07) is 0. The van der Waals surface area contributed by atoms with Crippen molar-refractivity contribution in [3.63, 3.8) is 0 Å². The Bertz CT molecular complexity index is 212. The van der Waals surface area contributed by atoms with E-state index in [9.17, 15) is 8.78 Å². The number of rotatable bonds is 1. The largest absolute Gasteiger partial charge is 0.325 e. The number of hydrogen-bond donors (Lipinski definition) is 1. The van der Waals surface area contributed by atoms with Crippen LogP contribution >= 0.6 is 0 Å². The molecular formula is C12H21F2N. The van der Waals surface area contributed by atoms with Gasteiger partial charge in [0.2, 0.25) is 5.92 Å². The Labute approximate surface area is 90.4 Å². The van der Waals surface area contributed by atoms with Crippen molar-refractivity contribution in [1.82, 2.24) is 0 Å². The highest BCUT2D eigenvalue weighted by molar-refractivity contribution is 4.98. The van der Waals surface area contributed by atoms with Crippen LogP contribution in [0.25, 0.3) is 0 Å². The lowest BCUT2D eigenvalue weighted by Gasteiger charge is -2.44. The van der Waals surface area contributed by atoms with Gasteiger partial charge in [-0.1, -0.05) is 19.3 Å². The molecule has 0 atom stereocenters. The van der Waals surface area contributed by atoms with Gasteiger partial charge in [-0.05, 0) is 31.6 Å². The molecule has 0 radical (unpaired) electrons. The molecule has 0 aliphatic heterocycles. The topological polar surface area (TPSA) is 26.0 Å². The van der Waals surface area contributed by atoms with Crippen molar-refractivity contribution in [2.45, 2.75) is 69.2 Å². The average molecular weight is 217 g/mol. The molecule has 2 rings (SSSR count). The third-order valence-electron chi connectivity index (χ3n) is 4.33. The molecule has 2 aliphatic carbocycles. The summed E-state index contributed by atoms with van der Waals surface area (Å²) in [6.45, 7) is 0. The first-order valence-corrected chi connectivity index (χ1v) is 6.19. The van der Waals surface area contributed by atoms with Gasteiger partial charge in [0, 0.05) is 18.4 Å². The van der Waals surface area contributed by atoms with Crippen LogP contribution < -0.4 is 5.73 Å². The number of alkyl halides is 2. The van der Waals surface area contributed by atoms with Gasteiger partial charge in [-0.2, -0.15) is 0 Å². The summed E-state index contributed by atoms with van der Waals surface area (Å²) < 4.78 is 26.1. The molecule has 0 unspecified atom stereocenters. The monoisotopic (exact) mass is 217 g/mol. The minimum atomic E-state index is -2.45. The van der Waals surface area contributed by atoms with Gasteiger partial charge in [-0.15, -0.1) is 0 Å². The zero-order valence-electron chi connectivity index (χ0n) is 9.27. The average Bonchev–Trinajstić information content (AvgIpc) is 2.24. The molecule has 0 saturated heterocycles. The Balaban J connectivity index is 1.95. The van der Waals surface area contributed by atoms with Crippen molar-refractivity contribution in [2.75, 3.05) is 0 Å². The Kier molecular flexibility index (Phi) is 3.02. The van der Waals surface area contributed by atoms with Gasteiger partial charge < -0.3 is 5.73 Å². The van der Waals surface area contributed by atoms with Crippen molar-refractivity contribution in [1.29, 1.82) is 0 Å². The van der Waals surface area contributed by atoms with E-state index in [1.165, 1.54) is 19.3 Å². The van der Waals surface area contributed by atoms with Crippen molar-refractivity contribution in [2.24, 2.45) is 11.7 Å². The van der Waals surface area contributed by atoms with E-state index in [1.54, 1.807) is 0 Å². The summed E-state index contributed by atoms with van der Waals surface area (Å²) in [5, 5.41) is 0. The van der Waals surface area contributed by atoms with Crippen LogP contribution in [0.3, 0.4) is 0 Å². The standard InChI is InChI=1S/C12H21F2N/c13-12(14)8-6-11(15,7-9-12)10-4-2-1-3-5-10/h10H,1-9,15H2. The highest BCUT2D eigenvalue weighted by Gasteiger charge is 2.44. The van der Waals surface area contributed by atoms with E-state index in [1.807, 2.05) is 0 Å². The Hall–Kier alpha value is -0.180. The minimum Gasteiger partial charge on any atom is -0.325 e. The second-order valence-electron chi connectivity index (χ2n) is 5.42. The maximum absolute atomic E-state index is 13.1. The fraction of sp³-hybridized carbons (Fsp3) is 1.00. The quantitative estimate of drug-likeness (QED) is 0.715. The number of nitrogens with two attached hydrogens (primary N) is 1. The van der Waals surface area contributed by atoms with E-state index in [-0.39, 0.29) is 18.4 Å². The van der Waals surface area contributed by atoms with E-state index in [0.29, 0.717) is 18.8 Å². The number of halogens is 2. The van der Waals surface area contributed by atoms with Crippen LogP contribution in [0.2, 0.25) is 0 Å². The van der Waals surface area contributed by atoms with E-state index >= 15 is 0 Å². The van der Waals surface area contributed by atoms with Gasteiger partial charge in [0.15, 0.2) is 0 Å². The third-order valence-corrected chi connectivity index (χ3v) is 4.33. The van der Waals surface area contributed by atoms with Crippen LogP contribution in [0, 0.1) is 5.92 Å². The molecule has 3 heteroatoms. The summed E-state index contributed by atoms with van der Waals surface area (Å²) in [7, 11) is 0. The van der Waals surface area contributed by atoms with Crippen LogP contribution in [0.15, 0.2) is 0 Å². The molecule has 2 fully saturated rings. The molecule has 0 aromatic carbocycles. The summed E-state index contributed by atoms with van der Waals surface area (Å²) in [5.41, 5.74) is 6.05. The fourth-order valence-electron chi connectivity index (χ4n) is 3.17. The molecule has 15 heavy (non-hydrogen) atoms. The SMILES string of the molecule is NC1(C2CCCCC2)CCC(F)(F)CC1. The van der Waals surface area contributed by atoms with Crippen LogP contribution in [0.5, 0.6) is 0 Å². The molecular weight excluding hydrogens is 196 g/mol. The van der Waals surface area contributed by atoms with E-state index in [2.05, 4.69) is 0 Å². The fourth-order valence-corrected chi connectivity index (χ4v) is 3.17. The first-order valence-electron chi connectivity index (χ1n) is 6.19. The molecule has 0 bridgehead atoms. The molecule has 0 heterocycles. The van der Waals surface area contributed by atoms with Crippen molar-refractivity contribution >= 4 is 0 Å². The summed E-state index contributed by atoms with van der Waals surface area (Å²) in [5.74, 6) is -1.94. The smallest absolute Gasteiger partial charge is 0.248 e. The van der Waals surface area contributed by atoms with Gasteiger partial charge in [0.25, 0.3) is 0 Å². The lowest BCUT2D eigenvalue weighted by molar-refractivity contribution is -0.0610. The van der Waals surface area contributed by atoms with Gasteiger partial charge in [0.05, 0.1) is 0 Å². The van der Waals surface area contributed by atoms with Gasteiger partial charge in [-0.3, -0.25) is 0 Å². The van der Waals surface area contributed by atoms with E-state index < -0.39 is 5.92 Å². The van der Waals surface area contributed by atoms with Gasteiger partial charge >= 0.3 is 0 Å². The Morgan fingerprint density at radius 3 is 1.93 bits per heavy atom. The predicted octanol–water partition coefficient (Wildman–Crippen LogP) is 3.47. The van der Waals surface area contributed by atoms with E-state index in [0.717, 1.165) is 12.8 Å². The second-order valence-corrected chi connectivity index (χ2v) is 5.42. The number of hydrogen-bond acceptors (Lipinski definition) is 1. The van der Waals surface area contributed by atoms with Crippen LogP contribution in [-0.2, 0) is 0 Å². The van der Waals surface area contributed by atoms with Crippen LogP contribution in [0.1, 0.15) is 57.8 Å². The predicted molar refractivity (Wildman–Crippen MR) is 56.9 cm³/mol. The lowest BCUT2D eigenvalue weighted by Crippen LogP contribution is -2.52. The highest BCUT2D eigenvalue weighted by atomic mass is 19.3. The van der Waals surface area contributed by atoms with Crippen molar-refractivity contribution in [3.8, 4) is 0 Å². The first-order chi connectivity index (χ1) is 7.02. The maximum atomic E-state index is 13.1. The molecule has 0 amide bonds. The lowest BCUT2D eigenvalue weighted by atomic mass is 9.67. The molecule has 0 spiro atoms. The molecule has 2 aliphatic rings. The summed E-state index contributed by atoms with van der Waals surface area (Å²) >= 11 is 0. The molecule has 1 nitrogen and oxygen atoms in total. The molecule has 88 valence electrons. The van der Waals surface area contributed by atoms with Crippen molar-refractivity contribution in [3.05, 3.63) is 0 Å². The molecule has 2 N–H and O–H groups in total. The molecule has 0 aromatic rings. The second kappa shape index (κ2) is 4.00. The van der Waals surface area contributed by atoms with E-state index in [4.69, 9.17) is 5.73 Å².